The second kappa shape index (κ2) is 4.44. The van der Waals surface area contributed by atoms with Crippen molar-refractivity contribution in [1.82, 2.24) is 14.5 Å². The van der Waals surface area contributed by atoms with E-state index in [0.29, 0.717) is 11.2 Å². The molecule has 1 aliphatic heterocycles. The zero-order valence-corrected chi connectivity index (χ0v) is 12.2. The summed E-state index contributed by atoms with van der Waals surface area (Å²) in [7, 11) is 1.96. The number of fused-ring (bicyclic) bond motifs is 1. The first-order chi connectivity index (χ1) is 8.98. The van der Waals surface area contributed by atoms with Crippen LogP contribution in [0.2, 0.25) is 0 Å². The summed E-state index contributed by atoms with van der Waals surface area (Å²) in [6, 6.07) is 0. The summed E-state index contributed by atoms with van der Waals surface area (Å²) in [5.74, 6) is 0.677. The lowest BCUT2D eigenvalue weighted by Crippen LogP contribution is -2.42. The van der Waals surface area contributed by atoms with Gasteiger partial charge in [-0.05, 0) is 18.3 Å². The number of hydrogen-bond acceptors (Lipinski definition) is 3. The van der Waals surface area contributed by atoms with Crippen LogP contribution in [0.5, 0.6) is 0 Å². The highest BCUT2D eigenvalue weighted by Crippen LogP contribution is 2.41. The zero-order chi connectivity index (χ0) is 13.6. The average Bonchev–Trinajstić information content (AvgIpc) is 2.65. The average molecular weight is 261 g/mol. The lowest BCUT2D eigenvalue weighted by Gasteiger charge is -2.43. The van der Waals surface area contributed by atoms with Crippen molar-refractivity contribution in [3.05, 3.63) is 17.2 Å². The third-order valence-corrected chi connectivity index (χ3v) is 4.82. The molecular weight excluding hydrogens is 238 g/mol. The summed E-state index contributed by atoms with van der Waals surface area (Å²) >= 11 is 0. The number of carbonyl (C=O) groups is 1. The first kappa shape index (κ1) is 12.9. The highest BCUT2D eigenvalue weighted by atomic mass is 16.1. The van der Waals surface area contributed by atoms with Crippen molar-refractivity contribution in [3.63, 3.8) is 0 Å². The molecule has 4 heteroatoms. The highest BCUT2D eigenvalue weighted by Gasteiger charge is 2.35. The molecule has 0 bridgehead atoms. The van der Waals surface area contributed by atoms with Gasteiger partial charge in [-0.15, -0.1) is 0 Å². The predicted octanol–water partition coefficient (Wildman–Crippen LogP) is 2.17. The summed E-state index contributed by atoms with van der Waals surface area (Å²) in [6.07, 6.45) is 5.12. The largest absolute Gasteiger partial charge is 0.328 e. The molecule has 0 spiro atoms. The summed E-state index contributed by atoms with van der Waals surface area (Å²) < 4.78 is 1.99. The second-order valence-corrected chi connectivity index (χ2v) is 6.57. The standard InChI is InChI=1S/C15H23N3O/c1-11(19)14-16-12-9-18(8-5-13(12)17(14)3)10-15(2)6-4-7-15/h4-10H2,1-3H3. The summed E-state index contributed by atoms with van der Waals surface area (Å²) in [4.78, 5) is 18.6. The highest BCUT2D eigenvalue weighted by molar-refractivity contribution is 5.90. The molecule has 0 atom stereocenters. The van der Waals surface area contributed by atoms with Gasteiger partial charge in [-0.2, -0.15) is 0 Å². The first-order valence-electron chi connectivity index (χ1n) is 7.26. The molecule has 3 rings (SSSR count). The molecule has 104 valence electrons. The van der Waals surface area contributed by atoms with E-state index in [-0.39, 0.29) is 5.78 Å². The molecule has 0 saturated heterocycles. The van der Waals surface area contributed by atoms with E-state index in [1.54, 1.807) is 6.92 Å². The van der Waals surface area contributed by atoms with Crippen LogP contribution in [0.25, 0.3) is 0 Å². The summed E-state index contributed by atoms with van der Waals surface area (Å²) in [5, 5.41) is 0. The number of hydrogen-bond donors (Lipinski definition) is 0. The topological polar surface area (TPSA) is 38.1 Å². The number of aromatic nitrogens is 2. The molecular formula is C15H23N3O. The lowest BCUT2D eigenvalue weighted by molar-refractivity contribution is 0.0768. The molecule has 1 aromatic heterocycles. The van der Waals surface area contributed by atoms with Crippen LogP contribution in [-0.4, -0.2) is 33.3 Å². The first-order valence-corrected chi connectivity index (χ1v) is 7.26. The van der Waals surface area contributed by atoms with Gasteiger partial charge >= 0.3 is 0 Å². The third kappa shape index (κ3) is 2.22. The van der Waals surface area contributed by atoms with E-state index in [1.807, 2.05) is 11.6 Å². The van der Waals surface area contributed by atoms with E-state index in [4.69, 9.17) is 0 Å². The Kier molecular flexibility index (Phi) is 3.01. The molecule has 1 saturated carbocycles. The maximum atomic E-state index is 11.6. The molecule has 0 radical (unpaired) electrons. The van der Waals surface area contributed by atoms with E-state index < -0.39 is 0 Å². The van der Waals surface area contributed by atoms with E-state index in [1.165, 1.54) is 31.5 Å². The predicted molar refractivity (Wildman–Crippen MR) is 74.2 cm³/mol. The molecule has 0 N–H and O–H groups in total. The summed E-state index contributed by atoms with van der Waals surface area (Å²) in [6.45, 7) is 7.18. The summed E-state index contributed by atoms with van der Waals surface area (Å²) in [5.41, 5.74) is 2.89. The fraction of sp³-hybridized carbons (Fsp3) is 0.733. The van der Waals surface area contributed by atoms with Gasteiger partial charge in [0.1, 0.15) is 0 Å². The number of imidazole rings is 1. The SMILES string of the molecule is CC(=O)c1nc2c(n1C)CCN(CC1(C)CCC1)C2. The minimum absolute atomic E-state index is 0.0643. The molecule has 19 heavy (non-hydrogen) atoms. The Morgan fingerprint density at radius 3 is 2.74 bits per heavy atom. The normalized spacial score (nSPS) is 21.8. The monoisotopic (exact) mass is 261 g/mol. The Labute approximate surface area is 114 Å². The molecule has 1 aliphatic carbocycles. The van der Waals surface area contributed by atoms with E-state index >= 15 is 0 Å². The molecule has 0 aromatic carbocycles. The van der Waals surface area contributed by atoms with Gasteiger partial charge in [0, 0.05) is 45.7 Å². The Morgan fingerprint density at radius 2 is 2.16 bits per heavy atom. The Bertz CT molecular complexity index is 514. The van der Waals surface area contributed by atoms with Crippen molar-refractivity contribution < 1.29 is 4.79 Å². The van der Waals surface area contributed by atoms with Crippen LogP contribution in [0, 0.1) is 5.41 Å². The van der Waals surface area contributed by atoms with Gasteiger partial charge in [0.25, 0.3) is 0 Å². The number of Topliss-reactive ketones (excluding diaryl/α,β-unsaturated/α-hetero) is 1. The third-order valence-electron chi connectivity index (χ3n) is 4.82. The molecule has 2 aliphatic rings. The molecule has 1 aromatic rings. The van der Waals surface area contributed by atoms with E-state index in [9.17, 15) is 4.79 Å². The van der Waals surface area contributed by atoms with Gasteiger partial charge in [-0.3, -0.25) is 9.69 Å². The van der Waals surface area contributed by atoms with Crippen molar-refractivity contribution in [1.29, 1.82) is 0 Å². The quantitative estimate of drug-likeness (QED) is 0.783. The van der Waals surface area contributed by atoms with Crippen LogP contribution >= 0.6 is 0 Å². The van der Waals surface area contributed by atoms with E-state index in [0.717, 1.165) is 25.2 Å². The molecule has 0 amide bonds. The minimum Gasteiger partial charge on any atom is -0.328 e. The minimum atomic E-state index is 0.0643. The maximum Gasteiger partial charge on any atom is 0.195 e. The zero-order valence-electron chi connectivity index (χ0n) is 12.2. The van der Waals surface area contributed by atoms with Gasteiger partial charge in [0.2, 0.25) is 0 Å². The Hall–Kier alpha value is -1.16. The van der Waals surface area contributed by atoms with Crippen LogP contribution in [0.1, 0.15) is 55.1 Å². The van der Waals surface area contributed by atoms with Crippen LogP contribution in [-0.2, 0) is 20.0 Å². The van der Waals surface area contributed by atoms with Crippen molar-refractivity contribution in [2.45, 2.75) is 46.1 Å². The Balaban J connectivity index is 1.76. The molecule has 4 nitrogen and oxygen atoms in total. The van der Waals surface area contributed by atoms with E-state index in [2.05, 4.69) is 16.8 Å². The molecule has 2 heterocycles. The Morgan fingerprint density at radius 1 is 1.42 bits per heavy atom. The van der Waals surface area contributed by atoms with Crippen molar-refractivity contribution in [3.8, 4) is 0 Å². The maximum absolute atomic E-state index is 11.6. The smallest absolute Gasteiger partial charge is 0.195 e. The van der Waals surface area contributed by atoms with Crippen molar-refractivity contribution in [2.75, 3.05) is 13.1 Å². The van der Waals surface area contributed by atoms with Gasteiger partial charge in [0.15, 0.2) is 11.6 Å². The van der Waals surface area contributed by atoms with Crippen molar-refractivity contribution >= 4 is 5.78 Å². The number of ketones is 1. The number of carbonyl (C=O) groups excluding carboxylic acids is 1. The van der Waals surface area contributed by atoms with Gasteiger partial charge in [0.05, 0.1) is 5.69 Å². The number of rotatable bonds is 3. The van der Waals surface area contributed by atoms with Crippen LogP contribution in [0.4, 0.5) is 0 Å². The fourth-order valence-electron chi connectivity index (χ4n) is 3.51. The van der Waals surface area contributed by atoms with Gasteiger partial charge in [-0.25, -0.2) is 4.98 Å². The number of nitrogens with zero attached hydrogens (tertiary/aromatic N) is 3. The van der Waals surface area contributed by atoms with Gasteiger partial charge in [-0.1, -0.05) is 13.3 Å². The van der Waals surface area contributed by atoms with Crippen LogP contribution in [0.3, 0.4) is 0 Å². The van der Waals surface area contributed by atoms with Gasteiger partial charge < -0.3 is 4.57 Å². The second-order valence-electron chi connectivity index (χ2n) is 6.57. The lowest BCUT2D eigenvalue weighted by atomic mass is 9.70. The molecule has 1 fully saturated rings. The molecule has 0 unspecified atom stereocenters. The van der Waals surface area contributed by atoms with Crippen molar-refractivity contribution in [2.24, 2.45) is 12.5 Å². The van der Waals surface area contributed by atoms with Crippen LogP contribution < -0.4 is 0 Å². The fourth-order valence-corrected chi connectivity index (χ4v) is 3.51. The van der Waals surface area contributed by atoms with Crippen LogP contribution in [0.15, 0.2) is 0 Å².